The highest BCUT2D eigenvalue weighted by molar-refractivity contribution is 5.67. The number of carbonyl (C=O) groups is 1. The summed E-state index contributed by atoms with van der Waals surface area (Å²) in [7, 11) is 0. The Bertz CT molecular complexity index is 807. The van der Waals surface area contributed by atoms with Crippen LogP contribution in [-0.4, -0.2) is 52.5 Å². The highest BCUT2D eigenvalue weighted by atomic mass is 19.3. The van der Waals surface area contributed by atoms with Crippen LogP contribution in [0.4, 0.5) is 8.78 Å². The van der Waals surface area contributed by atoms with Gasteiger partial charge in [-0.1, -0.05) is 60.7 Å². The Morgan fingerprint density at radius 3 is 2.23 bits per heavy atom. The predicted molar refractivity (Wildman–Crippen MR) is 118 cm³/mol. The average molecular weight is 431 g/mol. The van der Waals surface area contributed by atoms with E-state index >= 15 is 0 Å². The fourth-order valence-corrected chi connectivity index (χ4v) is 4.32. The van der Waals surface area contributed by atoms with Crippen LogP contribution in [0.1, 0.15) is 49.8 Å². The lowest BCUT2D eigenvalue weighted by Gasteiger charge is -2.38. The van der Waals surface area contributed by atoms with Crippen LogP contribution in [0.5, 0.6) is 0 Å². The third-order valence-electron chi connectivity index (χ3n) is 6.23. The van der Waals surface area contributed by atoms with Crippen molar-refractivity contribution in [3.8, 4) is 0 Å². The van der Waals surface area contributed by atoms with E-state index in [0.29, 0.717) is 32.6 Å². The van der Waals surface area contributed by atoms with Gasteiger partial charge in [-0.2, -0.15) is 0 Å². The molecule has 1 saturated heterocycles. The number of rotatable bonds is 10. The number of carboxylic acid groups (broad SMARTS) is 1. The van der Waals surface area contributed by atoms with Crippen molar-refractivity contribution in [3.05, 3.63) is 71.8 Å². The second kappa shape index (κ2) is 10.8. The minimum atomic E-state index is -2.57. The Morgan fingerprint density at radius 2 is 1.65 bits per heavy atom. The summed E-state index contributed by atoms with van der Waals surface area (Å²) in [5, 5.41) is 9.62. The minimum Gasteiger partial charge on any atom is -0.481 e. The normalized spacial score (nSPS) is 18.6. The predicted octanol–water partition coefficient (Wildman–Crippen LogP) is 5.21. The molecule has 0 aromatic heterocycles. The maximum atomic E-state index is 13.5. The van der Waals surface area contributed by atoms with Gasteiger partial charge >= 0.3 is 5.97 Å². The third kappa shape index (κ3) is 7.11. The first-order chi connectivity index (χ1) is 14.8. The van der Waals surface area contributed by atoms with E-state index in [0.717, 1.165) is 11.1 Å². The molecule has 2 atom stereocenters. The number of likely N-dealkylation sites (tertiary alicyclic amines) is 1. The monoisotopic (exact) mass is 430 g/mol. The molecule has 3 rings (SSSR count). The van der Waals surface area contributed by atoms with Crippen molar-refractivity contribution in [2.45, 2.75) is 57.2 Å². The van der Waals surface area contributed by atoms with E-state index in [9.17, 15) is 18.7 Å². The molecule has 2 aromatic rings. The molecule has 0 spiro atoms. The molecule has 4 nitrogen and oxygen atoms in total. The van der Waals surface area contributed by atoms with Gasteiger partial charge in [-0.25, -0.2) is 8.78 Å². The standard InChI is InChI=1S/C25H32F2N2O2/c1-20(22-10-6-3-7-11-22)29(19-21-8-4-2-5-9-21)23(18-24(30)31)12-15-28-16-13-25(26,27)14-17-28/h2-11,20,23H,12-19H2,1H3,(H,30,31)/t20-,23?/m0/s1. The molecule has 1 aliphatic heterocycles. The van der Waals surface area contributed by atoms with E-state index in [1.807, 2.05) is 41.3 Å². The maximum Gasteiger partial charge on any atom is 0.304 e. The number of halogens is 2. The first-order valence-electron chi connectivity index (χ1n) is 11.0. The Morgan fingerprint density at radius 1 is 1.06 bits per heavy atom. The van der Waals surface area contributed by atoms with Crippen molar-refractivity contribution in [1.82, 2.24) is 9.80 Å². The molecule has 0 amide bonds. The van der Waals surface area contributed by atoms with Gasteiger partial charge in [0.05, 0.1) is 6.42 Å². The summed E-state index contributed by atoms with van der Waals surface area (Å²) in [6.45, 7) is 4.09. The molecule has 2 aromatic carbocycles. The first-order valence-corrected chi connectivity index (χ1v) is 11.0. The lowest BCUT2D eigenvalue weighted by molar-refractivity contribution is -0.138. The summed E-state index contributed by atoms with van der Waals surface area (Å²) in [5.74, 6) is -3.41. The van der Waals surface area contributed by atoms with Crippen molar-refractivity contribution in [1.29, 1.82) is 0 Å². The molecule has 6 heteroatoms. The van der Waals surface area contributed by atoms with Crippen LogP contribution >= 0.6 is 0 Å². The number of carboxylic acids is 1. The lowest BCUT2D eigenvalue weighted by Crippen LogP contribution is -2.44. The van der Waals surface area contributed by atoms with Gasteiger partial charge in [-0.15, -0.1) is 0 Å². The van der Waals surface area contributed by atoms with Gasteiger partial charge < -0.3 is 10.0 Å². The molecule has 0 bridgehead atoms. The smallest absolute Gasteiger partial charge is 0.304 e. The summed E-state index contributed by atoms with van der Waals surface area (Å²) in [5.41, 5.74) is 2.25. The number of hydrogen-bond donors (Lipinski definition) is 1. The third-order valence-corrected chi connectivity index (χ3v) is 6.23. The molecule has 1 N–H and O–H groups in total. The number of alkyl halides is 2. The van der Waals surface area contributed by atoms with Gasteiger partial charge in [-0.05, 0) is 31.0 Å². The zero-order valence-corrected chi connectivity index (χ0v) is 18.1. The van der Waals surface area contributed by atoms with E-state index in [2.05, 4.69) is 36.1 Å². The fraction of sp³-hybridized carbons (Fsp3) is 0.480. The molecule has 0 aliphatic carbocycles. The molecule has 1 fully saturated rings. The van der Waals surface area contributed by atoms with E-state index in [1.165, 1.54) is 0 Å². The summed E-state index contributed by atoms with van der Waals surface area (Å²) in [6.07, 6.45) is 0.408. The Hall–Kier alpha value is -2.31. The van der Waals surface area contributed by atoms with Gasteiger partial charge in [0.25, 0.3) is 5.92 Å². The summed E-state index contributed by atoms with van der Waals surface area (Å²) < 4.78 is 27.0. The SMILES string of the molecule is C[C@@H](c1ccccc1)N(Cc1ccccc1)C(CCN1CCC(F)(F)CC1)CC(=O)O. The average Bonchev–Trinajstić information content (AvgIpc) is 2.76. The van der Waals surface area contributed by atoms with Crippen LogP contribution in [0, 0.1) is 0 Å². The molecule has 1 heterocycles. The number of aliphatic carboxylic acids is 1. The van der Waals surface area contributed by atoms with Crippen LogP contribution in [0.25, 0.3) is 0 Å². The zero-order chi connectivity index (χ0) is 22.3. The van der Waals surface area contributed by atoms with Gasteiger partial charge in [0, 0.05) is 44.6 Å². The summed E-state index contributed by atoms with van der Waals surface area (Å²) >= 11 is 0. The molecular formula is C25H32F2N2O2. The van der Waals surface area contributed by atoms with Crippen LogP contribution in [0.2, 0.25) is 0 Å². The van der Waals surface area contributed by atoms with E-state index < -0.39 is 11.9 Å². The second-order valence-corrected chi connectivity index (χ2v) is 8.48. The molecular weight excluding hydrogens is 398 g/mol. The Balaban J connectivity index is 1.78. The van der Waals surface area contributed by atoms with Gasteiger partial charge in [-0.3, -0.25) is 9.69 Å². The van der Waals surface area contributed by atoms with Crippen molar-refractivity contribution in [2.75, 3.05) is 19.6 Å². The van der Waals surface area contributed by atoms with Crippen molar-refractivity contribution in [2.24, 2.45) is 0 Å². The van der Waals surface area contributed by atoms with E-state index in [1.54, 1.807) is 0 Å². The first kappa shape index (κ1) is 23.4. The van der Waals surface area contributed by atoms with Crippen LogP contribution in [0.3, 0.4) is 0 Å². The van der Waals surface area contributed by atoms with Crippen LogP contribution in [0.15, 0.2) is 60.7 Å². The topological polar surface area (TPSA) is 43.8 Å². The van der Waals surface area contributed by atoms with Crippen molar-refractivity contribution in [3.63, 3.8) is 0 Å². The highest BCUT2D eigenvalue weighted by Gasteiger charge is 2.34. The molecule has 1 unspecified atom stereocenters. The molecule has 168 valence electrons. The van der Waals surface area contributed by atoms with Crippen molar-refractivity contribution < 1.29 is 18.7 Å². The van der Waals surface area contributed by atoms with E-state index in [4.69, 9.17) is 0 Å². The Labute approximate surface area is 183 Å². The lowest BCUT2D eigenvalue weighted by atomic mass is 9.99. The van der Waals surface area contributed by atoms with Crippen LogP contribution < -0.4 is 0 Å². The zero-order valence-electron chi connectivity index (χ0n) is 18.1. The highest BCUT2D eigenvalue weighted by Crippen LogP contribution is 2.30. The number of benzene rings is 2. The number of nitrogens with zero attached hydrogens (tertiary/aromatic N) is 2. The van der Waals surface area contributed by atoms with Gasteiger partial charge in [0.2, 0.25) is 0 Å². The maximum absolute atomic E-state index is 13.5. The second-order valence-electron chi connectivity index (χ2n) is 8.48. The minimum absolute atomic E-state index is 0.0218. The molecule has 0 saturated carbocycles. The molecule has 0 radical (unpaired) electrons. The van der Waals surface area contributed by atoms with Gasteiger partial charge in [0.15, 0.2) is 0 Å². The van der Waals surface area contributed by atoms with E-state index in [-0.39, 0.29) is 31.3 Å². The quantitative estimate of drug-likeness (QED) is 0.562. The van der Waals surface area contributed by atoms with Crippen LogP contribution in [-0.2, 0) is 11.3 Å². The fourth-order valence-electron chi connectivity index (χ4n) is 4.32. The summed E-state index contributed by atoms with van der Waals surface area (Å²) in [6, 6.07) is 20.0. The Kier molecular flexibility index (Phi) is 8.15. The van der Waals surface area contributed by atoms with Gasteiger partial charge in [0.1, 0.15) is 0 Å². The molecule has 31 heavy (non-hydrogen) atoms. The number of hydrogen-bond acceptors (Lipinski definition) is 3. The largest absolute Gasteiger partial charge is 0.481 e. The number of piperidine rings is 1. The molecule has 1 aliphatic rings. The summed E-state index contributed by atoms with van der Waals surface area (Å²) in [4.78, 5) is 16.0. The van der Waals surface area contributed by atoms with Crippen molar-refractivity contribution >= 4 is 5.97 Å².